The Morgan fingerprint density at radius 3 is 2.83 bits per heavy atom. The molecule has 1 atom stereocenters. The third-order valence-electron chi connectivity index (χ3n) is 3.98. The highest BCUT2D eigenvalue weighted by Crippen LogP contribution is 2.33. The summed E-state index contributed by atoms with van der Waals surface area (Å²) in [6.45, 7) is 2.17. The number of hydrogen-bond acceptors (Lipinski definition) is 5. The SMILES string of the molecule is CCCC1C=C(c2ccc3scc(Nc4ccccc4)c3n2)N=N1. The molecule has 1 aliphatic heterocycles. The Hall–Kier alpha value is -2.53. The van der Waals surface area contributed by atoms with Crippen LogP contribution >= 0.6 is 11.3 Å². The first-order chi connectivity index (χ1) is 11.8. The van der Waals surface area contributed by atoms with Gasteiger partial charge in [0.2, 0.25) is 0 Å². The Morgan fingerprint density at radius 1 is 1.12 bits per heavy atom. The van der Waals surface area contributed by atoms with Crippen molar-refractivity contribution in [2.45, 2.75) is 25.8 Å². The second-order valence-electron chi connectivity index (χ2n) is 5.81. The molecule has 2 aromatic heterocycles. The lowest BCUT2D eigenvalue weighted by Gasteiger charge is -2.05. The molecule has 1 unspecified atom stereocenters. The molecule has 5 heteroatoms. The molecule has 4 rings (SSSR count). The highest BCUT2D eigenvalue weighted by molar-refractivity contribution is 7.17. The average Bonchev–Trinajstić information content (AvgIpc) is 3.23. The number of fused-ring (bicyclic) bond motifs is 1. The van der Waals surface area contributed by atoms with Gasteiger partial charge in [-0.15, -0.1) is 11.3 Å². The molecule has 1 aliphatic rings. The Balaban J connectivity index is 1.67. The summed E-state index contributed by atoms with van der Waals surface area (Å²) >= 11 is 1.69. The summed E-state index contributed by atoms with van der Waals surface area (Å²) in [5, 5.41) is 14.2. The van der Waals surface area contributed by atoms with E-state index in [1.54, 1.807) is 11.3 Å². The van der Waals surface area contributed by atoms with Crippen LogP contribution in [0.1, 0.15) is 25.5 Å². The van der Waals surface area contributed by atoms with E-state index in [-0.39, 0.29) is 6.04 Å². The van der Waals surface area contributed by atoms with Gasteiger partial charge in [0.1, 0.15) is 11.2 Å². The van der Waals surface area contributed by atoms with Crippen molar-refractivity contribution in [1.82, 2.24) is 4.98 Å². The van der Waals surface area contributed by atoms with E-state index in [1.807, 2.05) is 24.3 Å². The van der Waals surface area contributed by atoms with E-state index in [1.165, 1.54) is 0 Å². The molecule has 0 amide bonds. The van der Waals surface area contributed by atoms with Crippen molar-refractivity contribution in [3.05, 3.63) is 59.6 Å². The van der Waals surface area contributed by atoms with Gasteiger partial charge in [0.05, 0.1) is 22.1 Å². The molecule has 24 heavy (non-hydrogen) atoms. The van der Waals surface area contributed by atoms with Crippen molar-refractivity contribution >= 4 is 38.6 Å². The molecular weight excluding hydrogens is 316 g/mol. The minimum atomic E-state index is 0.201. The molecule has 1 aromatic carbocycles. The fourth-order valence-corrected chi connectivity index (χ4v) is 3.61. The minimum absolute atomic E-state index is 0.201. The first-order valence-electron chi connectivity index (χ1n) is 8.17. The van der Waals surface area contributed by atoms with Crippen molar-refractivity contribution in [2.75, 3.05) is 5.32 Å². The monoisotopic (exact) mass is 334 g/mol. The van der Waals surface area contributed by atoms with E-state index in [0.29, 0.717) is 0 Å². The number of pyridine rings is 1. The second kappa shape index (κ2) is 6.53. The van der Waals surface area contributed by atoms with Gasteiger partial charge in [-0.25, -0.2) is 4.98 Å². The average molecular weight is 334 g/mol. The van der Waals surface area contributed by atoms with Crippen LogP contribution in [0.25, 0.3) is 15.9 Å². The highest BCUT2D eigenvalue weighted by atomic mass is 32.1. The summed E-state index contributed by atoms with van der Waals surface area (Å²) in [5.74, 6) is 0. The fraction of sp³-hybridized carbons (Fsp3) is 0.211. The normalized spacial score (nSPS) is 16.5. The zero-order chi connectivity index (χ0) is 16.4. The van der Waals surface area contributed by atoms with Gasteiger partial charge in [0, 0.05) is 11.1 Å². The topological polar surface area (TPSA) is 49.6 Å². The minimum Gasteiger partial charge on any atom is -0.353 e. The van der Waals surface area contributed by atoms with E-state index < -0.39 is 0 Å². The number of aromatic nitrogens is 1. The third kappa shape index (κ3) is 2.95. The van der Waals surface area contributed by atoms with Crippen molar-refractivity contribution in [3.63, 3.8) is 0 Å². The van der Waals surface area contributed by atoms with Crippen LogP contribution in [0.3, 0.4) is 0 Å². The standard InChI is InChI=1S/C19H18N4S/c1-2-6-14-11-16(23-22-14)15-9-10-18-19(21-15)17(12-24-18)20-13-7-4-3-5-8-13/h3-5,7-12,14,20H,2,6H2,1H3. The van der Waals surface area contributed by atoms with E-state index in [9.17, 15) is 0 Å². The van der Waals surface area contributed by atoms with Crippen LogP contribution in [0.5, 0.6) is 0 Å². The molecule has 0 saturated heterocycles. The predicted octanol–water partition coefficient (Wildman–Crippen LogP) is 6.02. The number of hydrogen-bond donors (Lipinski definition) is 1. The van der Waals surface area contributed by atoms with Gasteiger partial charge in [-0.2, -0.15) is 10.2 Å². The van der Waals surface area contributed by atoms with Gasteiger partial charge in [-0.05, 0) is 36.8 Å². The molecule has 120 valence electrons. The number of rotatable bonds is 5. The Morgan fingerprint density at radius 2 is 2.00 bits per heavy atom. The van der Waals surface area contributed by atoms with Crippen LogP contribution in [0, 0.1) is 0 Å². The number of anilines is 2. The zero-order valence-corrected chi connectivity index (χ0v) is 14.3. The smallest absolute Gasteiger partial charge is 0.109 e. The predicted molar refractivity (Wildman–Crippen MR) is 101 cm³/mol. The fourth-order valence-electron chi connectivity index (χ4n) is 2.78. The molecular formula is C19H18N4S. The third-order valence-corrected chi connectivity index (χ3v) is 4.92. The van der Waals surface area contributed by atoms with E-state index in [0.717, 1.165) is 45.8 Å². The number of nitrogens with zero attached hydrogens (tertiary/aromatic N) is 3. The van der Waals surface area contributed by atoms with Crippen LogP contribution in [0.15, 0.2) is 64.1 Å². The molecule has 0 spiro atoms. The van der Waals surface area contributed by atoms with E-state index in [2.05, 4.69) is 52.1 Å². The van der Waals surface area contributed by atoms with Gasteiger partial charge in [-0.3, -0.25) is 0 Å². The molecule has 0 aliphatic carbocycles. The summed E-state index contributed by atoms with van der Waals surface area (Å²) < 4.78 is 1.16. The first-order valence-corrected chi connectivity index (χ1v) is 9.05. The van der Waals surface area contributed by atoms with Crippen molar-refractivity contribution in [3.8, 4) is 0 Å². The summed E-state index contributed by atoms with van der Waals surface area (Å²) in [6, 6.07) is 14.5. The molecule has 0 fully saturated rings. The summed E-state index contributed by atoms with van der Waals surface area (Å²) in [4.78, 5) is 4.83. The van der Waals surface area contributed by atoms with Crippen LogP contribution in [0.4, 0.5) is 11.4 Å². The molecule has 3 heterocycles. The maximum absolute atomic E-state index is 4.83. The molecule has 0 bridgehead atoms. The quantitative estimate of drug-likeness (QED) is 0.620. The Labute approximate surface area is 145 Å². The van der Waals surface area contributed by atoms with Gasteiger partial charge in [0.15, 0.2) is 0 Å². The largest absolute Gasteiger partial charge is 0.353 e. The number of benzene rings is 1. The number of azo groups is 1. The molecule has 1 N–H and O–H groups in total. The summed E-state index contributed by atoms with van der Waals surface area (Å²) in [5.41, 5.74) is 4.85. The summed E-state index contributed by atoms with van der Waals surface area (Å²) in [7, 11) is 0. The number of nitrogens with one attached hydrogen (secondary N) is 1. The first kappa shape index (κ1) is 15.0. The van der Waals surface area contributed by atoms with Crippen LogP contribution in [-0.2, 0) is 0 Å². The van der Waals surface area contributed by atoms with Crippen molar-refractivity contribution < 1.29 is 0 Å². The van der Waals surface area contributed by atoms with E-state index in [4.69, 9.17) is 4.98 Å². The Bertz CT molecular complexity index is 912. The van der Waals surface area contributed by atoms with Crippen LogP contribution in [0.2, 0.25) is 0 Å². The van der Waals surface area contributed by atoms with Crippen LogP contribution in [-0.4, -0.2) is 11.0 Å². The lowest BCUT2D eigenvalue weighted by Crippen LogP contribution is -1.95. The lowest BCUT2D eigenvalue weighted by molar-refractivity contribution is 0.696. The van der Waals surface area contributed by atoms with Gasteiger partial charge >= 0.3 is 0 Å². The highest BCUT2D eigenvalue weighted by Gasteiger charge is 2.15. The molecule has 3 aromatic rings. The zero-order valence-electron chi connectivity index (χ0n) is 13.4. The van der Waals surface area contributed by atoms with Gasteiger partial charge in [-0.1, -0.05) is 31.5 Å². The van der Waals surface area contributed by atoms with Gasteiger partial charge < -0.3 is 5.32 Å². The van der Waals surface area contributed by atoms with Crippen molar-refractivity contribution in [1.29, 1.82) is 0 Å². The second-order valence-corrected chi connectivity index (χ2v) is 6.72. The maximum Gasteiger partial charge on any atom is 0.109 e. The molecule has 4 nitrogen and oxygen atoms in total. The molecule has 0 radical (unpaired) electrons. The lowest BCUT2D eigenvalue weighted by atomic mass is 10.1. The molecule has 0 saturated carbocycles. The number of para-hydroxylation sites is 1. The van der Waals surface area contributed by atoms with Crippen molar-refractivity contribution in [2.24, 2.45) is 10.2 Å². The van der Waals surface area contributed by atoms with E-state index >= 15 is 0 Å². The number of thiophene rings is 1. The maximum atomic E-state index is 4.83. The van der Waals surface area contributed by atoms with Gasteiger partial charge in [0.25, 0.3) is 0 Å². The Kier molecular flexibility index (Phi) is 4.09. The summed E-state index contributed by atoms with van der Waals surface area (Å²) in [6.07, 6.45) is 4.26. The van der Waals surface area contributed by atoms with Crippen LogP contribution < -0.4 is 5.32 Å².